The van der Waals surface area contributed by atoms with Crippen LogP contribution in [0.15, 0.2) is 48.5 Å². The van der Waals surface area contributed by atoms with Crippen molar-refractivity contribution >= 4 is 17.3 Å². The van der Waals surface area contributed by atoms with E-state index in [2.05, 4.69) is 80.4 Å². The van der Waals surface area contributed by atoms with Gasteiger partial charge in [0.15, 0.2) is 0 Å². The molecule has 1 N–H and O–H groups in total. The van der Waals surface area contributed by atoms with E-state index in [1.54, 1.807) is 0 Å². The first-order chi connectivity index (χ1) is 11.5. The van der Waals surface area contributed by atoms with Gasteiger partial charge in [-0.1, -0.05) is 55.8 Å². The molecule has 2 aromatic carbocycles. The van der Waals surface area contributed by atoms with Crippen LogP contribution < -0.4 is 10.2 Å². The lowest BCUT2D eigenvalue weighted by atomic mass is 10.1. The first-order valence-corrected chi connectivity index (χ1v) is 9.15. The lowest BCUT2D eigenvalue weighted by molar-refractivity contribution is 0.551. The zero-order chi connectivity index (χ0) is 17.5. The molecule has 130 valence electrons. The molecule has 24 heavy (non-hydrogen) atoms. The number of nitrogens with zero attached hydrogens (tertiary/aromatic N) is 1. The van der Waals surface area contributed by atoms with Crippen LogP contribution in [0.1, 0.15) is 38.8 Å². The fourth-order valence-corrected chi connectivity index (χ4v) is 2.99. The Morgan fingerprint density at radius 3 is 2.33 bits per heavy atom. The second-order valence-electron chi connectivity index (χ2n) is 7.01. The second-order valence-corrected chi connectivity index (χ2v) is 7.44. The molecule has 0 aromatic heterocycles. The number of benzene rings is 2. The SMILES string of the molecule is CC(C)CNCc1cc(Cl)ccc1N(Cc1ccccc1)C(C)C. The van der Waals surface area contributed by atoms with Gasteiger partial charge in [-0.3, -0.25) is 0 Å². The maximum atomic E-state index is 6.26. The van der Waals surface area contributed by atoms with Crippen LogP contribution in [-0.4, -0.2) is 12.6 Å². The number of anilines is 1. The van der Waals surface area contributed by atoms with Crippen molar-refractivity contribution < 1.29 is 0 Å². The maximum Gasteiger partial charge on any atom is 0.0432 e. The van der Waals surface area contributed by atoms with E-state index in [0.717, 1.165) is 24.7 Å². The summed E-state index contributed by atoms with van der Waals surface area (Å²) in [7, 11) is 0. The van der Waals surface area contributed by atoms with Crippen molar-refractivity contribution in [2.75, 3.05) is 11.4 Å². The molecule has 2 rings (SSSR count). The Balaban J connectivity index is 2.25. The molecule has 0 aliphatic carbocycles. The number of nitrogens with one attached hydrogen (secondary N) is 1. The third kappa shape index (κ3) is 5.54. The average molecular weight is 345 g/mol. The molecule has 0 atom stereocenters. The van der Waals surface area contributed by atoms with Crippen LogP contribution in [0.25, 0.3) is 0 Å². The zero-order valence-corrected chi connectivity index (χ0v) is 16.0. The standard InChI is InChI=1S/C21H29ClN2/c1-16(2)13-23-14-19-12-20(22)10-11-21(19)24(17(3)4)15-18-8-6-5-7-9-18/h5-12,16-17,23H,13-15H2,1-4H3. The van der Waals surface area contributed by atoms with Gasteiger partial charge in [0.2, 0.25) is 0 Å². The monoisotopic (exact) mass is 344 g/mol. The van der Waals surface area contributed by atoms with Crippen molar-refractivity contribution in [2.24, 2.45) is 5.92 Å². The highest BCUT2D eigenvalue weighted by atomic mass is 35.5. The Morgan fingerprint density at radius 1 is 1.00 bits per heavy atom. The highest BCUT2D eigenvalue weighted by Gasteiger charge is 2.15. The van der Waals surface area contributed by atoms with Crippen LogP contribution in [0.5, 0.6) is 0 Å². The summed E-state index contributed by atoms with van der Waals surface area (Å²) in [6.45, 7) is 11.7. The van der Waals surface area contributed by atoms with E-state index in [9.17, 15) is 0 Å². The molecule has 0 bridgehead atoms. The van der Waals surface area contributed by atoms with Crippen LogP contribution in [0.3, 0.4) is 0 Å². The van der Waals surface area contributed by atoms with E-state index in [0.29, 0.717) is 12.0 Å². The maximum absolute atomic E-state index is 6.26. The fourth-order valence-electron chi connectivity index (χ4n) is 2.80. The Hall–Kier alpha value is -1.51. The molecule has 2 nitrogen and oxygen atoms in total. The van der Waals surface area contributed by atoms with Gasteiger partial charge in [0.25, 0.3) is 0 Å². The van der Waals surface area contributed by atoms with Gasteiger partial charge < -0.3 is 10.2 Å². The van der Waals surface area contributed by atoms with Gasteiger partial charge in [-0.25, -0.2) is 0 Å². The summed E-state index contributed by atoms with van der Waals surface area (Å²) in [4.78, 5) is 2.44. The minimum Gasteiger partial charge on any atom is -0.365 e. The second kappa shape index (κ2) is 9.10. The summed E-state index contributed by atoms with van der Waals surface area (Å²) >= 11 is 6.26. The number of halogens is 1. The van der Waals surface area contributed by atoms with Crippen molar-refractivity contribution in [3.05, 3.63) is 64.7 Å². The molecule has 0 aliphatic rings. The normalized spacial score (nSPS) is 11.3. The van der Waals surface area contributed by atoms with Crippen LogP contribution in [0.2, 0.25) is 5.02 Å². The number of hydrogen-bond acceptors (Lipinski definition) is 2. The predicted molar refractivity (Wildman–Crippen MR) is 106 cm³/mol. The van der Waals surface area contributed by atoms with E-state index in [1.807, 2.05) is 6.07 Å². The van der Waals surface area contributed by atoms with E-state index in [4.69, 9.17) is 11.6 Å². The molecule has 0 heterocycles. The first-order valence-electron chi connectivity index (χ1n) is 8.77. The van der Waals surface area contributed by atoms with Gasteiger partial charge in [-0.05, 0) is 55.6 Å². The van der Waals surface area contributed by atoms with Gasteiger partial charge in [0.1, 0.15) is 0 Å². The third-order valence-electron chi connectivity index (χ3n) is 4.04. The first kappa shape index (κ1) is 18.8. The van der Waals surface area contributed by atoms with Gasteiger partial charge in [-0.2, -0.15) is 0 Å². The summed E-state index contributed by atoms with van der Waals surface area (Å²) in [5, 5.41) is 4.34. The molecule has 0 unspecified atom stereocenters. The van der Waals surface area contributed by atoms with Crippen molar-refractivity contribution in [1.82, 2.24) is 5.32 Å². The largest absolute Gasteiger partial charge is 0.365 e. The quantitative estimate of drug-likeness (QED) is 0.680. The molecular formula is C21H29ClN2. The molecule has 0 saturated heterocycles. The molecule has 3 heteroatoms. The Morgan fingerprint density at radius 2 is 1.71 bits per heavy atom. The molecule has 0 spiro atoms. The highest BCUT2D eigenvalue weighted by Crippen LogP contribution is 2.27. The summed E-state index contributed by atoms with van der Waals surface area (Å²) in [6, 6.07) is 17.3. The summed E-state index contributed by atoms with van der Waals surface area (Å²) < 4.78 is 0. The third-order valence-corrected chi connectivity index (χ3v) is 4.27. The lowest BCUT2D eigenvalue weighted by Crippen LogP contribution is -2.32. The summed E-state index contributed by atoms with van der Waals surface area (Å²) in [5.74, 6) is 0.637. The van der Waals surface area contributed by atoms with Crippen molar-refractivity contribution in [2.45, 2.75) is 46.8 Å². The fraction of sp³-hybridized carbons (Fsp3) is 0.429. The van der Waals surface area contributed by atoms with Crippen molar-refractivity contribution in [3.8, 4) is 0 Å². The smallest absolute Gasteiger partial charge is 0.0432 e. The van der Waals surface area contributed by atoms with Crippen LogP contribution >= 0.6 is 11.6 Å². The summed E-state index contributed by atoms with van der Waals surface area (Å²) in [5.41, 5.74) is 3.84. The van der Waals surface area contributed by atoms with E-state index >= 15 is 0 Å². The van der Waals surface area contributed by atoms with Gasteiger partial charge in [0, 0.05) is 29.8 Å². The van der Waals surface area contributed by atoms with E-state index in [1.165, 1.54) is 16.8 Å². The lowest BCUT2D eigenvalue weighted by Gasteiger charge is -2.31. The van der Waals surface area contributed by atoms with Crippen LogP contribution in [0, 0.1) is 5.92 Å². The van der Waals surface area contributed by atoms with Crippen molar-refractivity contribution in [3.63, 3.8) is 0 Å². The minimum atomic E-state index is 0.412. The van der Waals surface area contributed by atoms with E-state index < -0.39 is 0 Å². The Kier molecular flexibility index (Phi) is 7.14. The molecular weight excluding hydrogens is 316 g/mol. The Bertz CT molecular complexity index is 623. The average Bonchev–Trinajstić information content (AvgIpc) is 2.54. The predicted octanol–water partition coefficient (Wildman–Crippen LogP) is 5.50. The Labute approximate surface area is 151 Å². The molecule has 2 aromatic rings. The van der Waals surface area contributed by atoms with Gasteiger partial charge in [0.05, 0.1) is 0 Å². The minimum absolute atomic E-state index is 0.412. The van der Waals surface area contributed by atoms with Crippen LogP contribution in [0.4, 0.5) is 5.69 Å². The van der Waals surface area contributed by atoms with E-state index in [-0.39, 0.29) is 0 Å². The van der Waals surface area contributed by atoms with Gasteiger partial charge in [-0.15, -0.1) is 0 Å². The topological polar surface area (TPSA) is 15.3 Å². The molecule has 0 saturated carbocycles. The van der Waals surface area contributed by atoms with Crippen LogP contribution in [-0.2, 0) is 13.1 Å². The molecule has 0 radical (unpaired) electrons. The number of rotatable bonds is 8. The van der Waals surface area contributed by atoms with Crippen molar-refractivity contribution in [1.29, 1.82) is 0 Å². The molecule has 0 amide bonds. The summed E-state index contributed by atoms with van der Waals surface area (Å²) in [6.07, 6.45) is 0. The molecule has 0 fully saturated rings. The van der Waals surface area contributed by atoms with Gasteiger partial charge >= 0.3 is 0 Å². The zero-order valence-electron chi connectivity index (χ0n) is 15.2. The highest BCUT2D eigenvalue weighted by molar-refractivity contribution is 6.30. The number of hydrogen-bond donors (Lipinski definition) is 1. The molecule has 0 aliphatic heterocycles.